The highest BCUT2D eigenvalue weighted by molar-refractivity contribution is 7.80. The van der Waals surface area contributed by atoms with Gasteiger partial charge in [0.15, 0.2) is 0 Å². The maximum absolute atomic E-state index is 13.6. The highest BCUT2D eigenvalue weighted by Gasteiger charge is 2.37. The van der Waals surface area contributed by atoms with Gasteiger partial charge in [-0.2, -0.15) is 12.6 Å². The summed E-state index contributed by atoms with van der Waals surface area (Å²) in [6.07, 6.45) is 10.1. The highest BCUT2D eigenvalue weighted by atomic mass is 32.1. The minimum absolute atomic E-state index is 0.0139. The minimum Gasteiger partial charge on any atom is -0.444 e. The van der Waals surface area contributed by atoms with Gasteiger partial charge in [-0.15, -0.1) is 0 Å². The third kappa shape index (κ3) is 7.42. The number of benzene rings is 1. The molecule has 0 heterocycles. The fourth-order valence-electron chi connectivity index (χ4n) is 4.06. The van der Waals surface area contributed by atoms with Gasteiger partial charge in [-0.1, -0.05) is 43.9 Å². The van der Waals surface area contributed by atoms with Crippen molar-refractivity contribution in [3.8, 4) is 12.5 Å². The number of nitrogens with zero attached hydrogens (tertiary/aromatic N) is 1. The van der Waals surface area contributed by atoms with Gasteiger partial charge in [-0.3, -0.25) is 14.5 Å². The third-order valence-corrected chi connectivity index (χ3v) is 6.31. The second-order valence-electron chi connectivity index (χ2n) is 9.75. The molecule has 0 aliphatic heterocycles. The number of amides is 3. The quantitative estimate of drug-likeness (QED) is 0.308. The number of carbonyl (C=O) groups excluding carboxylic acids is 3. The summed E-state index contributed by atoms with van der Waals surface area (Å²) < 4.78 is 5.28. The summed E-state index contributed by atoms with van der Waals surface area (Å²) in [6.45, 7) is 9.02. The van der Waals surface area contributed by atoms with Gasteiger partial charge < -0.3 is 15.4 Å². The van der Waals surface area contributed by atoms with Crippen LogP contribution in [-0.4, -0.2) is 46.2 Å². The minimum atomic E-state index is -1.07. The molecule has 2 unspecified atom stereocenters. The normalized spacial score (nSPS) is 16.0. The van der Waals surface area contributed by atoms with E-state index in [0.29, 0.717) is 5.56 Å². The van der Waals surface area contributed by atoms with E-state index in [1.165, 1.54) is 0 Å². The van der Waals surface area contributed by atoms with Crippen LogP contribution in [0.2, 0.25) is 0 Å². The highest BCUT2D eigenvalue weighted by Crippen LogP contribution is 2.28. The Morgan fingerprint density at radius 2 is 1.85 bits per heavy atom. The van der Waals surface area contributed by atoms with Gasteiger partial charge >= 0.3 is 6.09 Å². The van der Waals surface area contributed by atoms with Gasteiger partial charge in [0.1, 0.15) is 17.7 Å². The lowest BCUT2D eigenvalue weighted by molar-refractivity contribution is -0.138. The number of alkyl carbamates (subject to hydrolysis) is 1. The van der Waals surface area contributed by atoms with E-state index < -0.39 is 29.7 Å². The van der Waals surface area contributed by atoms with Gasteiger partial charge in [-0.25, -0.2) is 4.79 Å². The zero-order chi connectivity index (χ0) is 25.5. The van der Waals surface area contributed by atoms with Crippen molar-refractivity contribution in [3.05, 3.63) is 34.9 Å². The Morgan fingerprint density at radius 3 is 2.41 bits per heavy atom. The lowest BCUT2D eigenvalue weighted by atomic mass is 9.93. The molecule has 2 rings (SSSR count). The van der Waals surface area contributed by atoms with Crippen molar-refractivity contribution in [2.24, 2.45) is 0 Å². The van der Waals surface area contributed by atoms with E-state index in [2.05, 4.69) is 29.3 Å². The summed E-state index contributed by atoms with van der Waals surface area (Å²) in [5.74, 6) is -0.949. The van der Waals surface area contributed by atoms with Gasteiger partial charge in [0.25, 0.3) is 5.91 Å². The third-order valence-electron chi connectivity index (χ3n) is 5.95. The Bertz CT molecular complexity index is 929. The monoisotopic (exact) mass is 487 g/mol. The Balaban J connectivity index is 2.38. The van der Waals surface area contributed by atoms with E-state index in [-0.39, 0.29) is 17.7 Å². The Morgan fingerprint density at radius 1 is 1.21 bits per heavy atom. The van der Waals surface area contributed by atoms with E-state index in [9.17, 15) is 14.4 Å². The van der Waals surface area contributed by atoms with Gasteiger partial charge in [0.05, 0.1) is 0 Å². The first-order valence-corrected chi connectivity index (χ1v) is 12.4. The number of thiol groups is 1. The number of carbonyl (C=O) groups is 3. The van der Waals surface area contributed by atoms with Gasteiger partial charge in [0, 0.05) is 17.8 Å². The molecule has 1 aliphatic rings. The van der Waals surface area contributed by atoms with Crippen LogP contribution in [0.15, 0.2) is 18.2 Å². The van der Waals surface area contributed by atoms with Gasteiger partial charge in [-0.05, 0) is 64.2 Å². The first kappa shape index (κ1) is 27.6. The number of rotatable bonds is 7. The second kappa shape index (κ2) is 12.2. The van der Waals surface area contributed by atoms with Crippen molar-refractivity contribution in [2.75, 3.05) is 5.75 Å². The summed E-state index contributed by atoms with van der Waals surface area (Å²) in [6, 6.07) is 5.93. The molecule has 34 heavy (non-hydrogen) atoms. The van der Waals surface area contributed by atoms with E-state index >= 15 is 0 Å². The molecule has 8 heteroatoms. The number of hydrogen-bond donors (Lipinski definition) is 3. The predicted molar refractivity (Wildman–Crippen MR) is 136 cm³/mol. The average Bonchev–Trinajstić information content (AvgIpc) is 2.77. The molecule has 0 saturated heterocycles. The number of aryl methyl sites for hydroxylation is 1. The molecule has 2 N–H and O–H groups in total. The first-order chi connectivity index (χ1) is 16.0. The molecule has 1 saturated carbocycles. The van der Waals surface area contributed by atoms with Crippen LogP contribution in [0.3, 0.4) is 0 Å². The summed E-state index contributed by atoms with van der Waals surface area (Å²) in [7, 11) is 0. The predicted octanol–water partition coefficient (Wildman–Crippen LogP) is 4.04. The van der Waals surface area contributed by atoms with E-state index in [4.69, 9.17) is 11.2 Å². The van der Waals surface area contributed by atoms with Crippen LogP contribution in [0.1, 0.15) is 75.6 Å². The molecule has 1 aliphatic carbocycles. The molecule has 2 atom stereocenters. The Kier molecular flexibility index (Phi) is 9.87. The molecule has 186 valence electrons. The Hall–Kier alpha value is -2.66. The Labute approximate surface area is 208 Å². The summed E-state index contributed by atoms with van der Waals surface area (Å²) in [4.78, 5) is 40.4. The smallest absolute Gasteiger partial charge is 0.408 e. The largest absolute Gasteiger partial charge is 0.444 e. The number of ether oxygens (including phenoxy) is 1. The van der Waals surface area contributed by atoms with Crippen molar-refractivity contribution in [3.63, 3.8) is 0 Å². The van der Waals surface area contributed by atoms with Crippen molar-refractivity contribution in [1.29, 1.82) is 0 Å². The molecular formula is C26H37N3O4S. The molecule has 7 nitrogen and oxygen atoms in total. The van der Waals surface area contributed by atoms with Crippen LogP contribution < -0.4 is 10.6 Å². The van der Waals surface area contributed by atoms with Crippen molar-refractivity contribution >= 4 is 30.5 Å². The summed E-state index contributed by atoms with van der Waals surface area (Å²) >= 11 is 4.24. The van der Waals surface area contributed by atoms with Crippen molar-refractivity contribution < 1.29 is 19.1 Å². The van der Waals surface area contributed by atoms with Crippen LogP contribution in [0.4, 0.5) is 4.79 Å². The number of hydrogen-bond acceptors (Lipinski definition) is 5. The lowest BCUT2D eigenvalue weighted by Crippen LogP contribution is -2.53. The van der Waals surface area contributed by atoms with E-state index in [0.717, 1.165) is 48.1 Å². The molecule has 1 fully saturated rings. The van der Waals surface area contributed by atoms with Crippen LogP contribution in [0, 0.1) is 26.3 Å². The SMILES string of the molecule is C#CN(C(=O)C(CS)NC(=O)OC(C)(C)C)C(C(=O)NC1CCCCC1)c1cccc(C)c1C. The van der Waals surface area contributed by atoms with Crippen LogP contribution in [0.25, 0.3) is 0 Å². The summed E-state index contributed by atoms with van der Waals surface area (Å²) in [5.41, 5.74) is 1.77. The fourth-order valence-corrected chi connectivity index (χ4v) is 4.31. The molecule has 0 spiro atoms. The molecule has 0 radical (unpaired) electrons. The zero-order valence-corrected chi connectivity index (χ0v) is 21.7. The maximum atomic E-state index is 13.6. The molecular weight excluding hydrogens is 450 g/mol. The standard InChI is InChI=1S/C26H37N3O4S/c1-7-29(24(31)21(16-34)28-25(32)33-26(4,5)6)22(20-15-11-12-17(2)18(20)3)23(30)27-19-13-9-8-10-14-19/h1,11-12,15,19,21-22,34H,8-10,13-14,16H2,2-6H3,(H,27,30)(H,28,32). The molecule has 1 aromatic carbocycles. The molecule has 1 aromatic rings. The topological polar surface area (TPSA) is 87.7 Å². The molecule has 0 aromatic heterocycles. The second-order valence-corrected chi connectivity index (χ2v) is 10.1. The van der Waals surface area contributed by atoms with Gasteiger partial charge in [0.2, 0.25) is 5.91 Å². The number of terminal acetylenes is 1. The molecule has 0 bridgehead atoms. The van der Waals surface area contributed by atoms with E-state index in [1.807, 2.05) is 32.0 Å². The summed E-state index contributed by atoms with van der Waals surface area (Å²) in [5, 5.41) is 5.64. The fraction of sp³-hybridized carbons (Fsp3) is 0.577. The van der Waals surface area contributed by atoms with Crippen molar-refractivity contribution in [1.82, 2.24) is 15.5 Å². The first-order valence-electron chi connectivity index (χ1n) is 11.7. The maximum Gasteiger partial charge on any atom is 0.408 e. The van der Waals surface area contributed by atoms with E-state index in [1.54, 1.807) is 20.8 Å². The number of nitrogens with one attached hydrogen (secondary N) is 2. The average molecular weight is 488 g/mol. The van der Waals surface area contributed by atoms with Crippen molar-refractivity contribution in [2.45, 2.75) is 90.4 Å². The van der Waals surface area contributed by atoms with Crippen LogP contribution in [-0.2, 0) is 14.3 Å². The van der Waals surface area contributed by atoms with Crippen LogP contribution in [0.5, 0.6) is 0 Å². The molecule has 3 amide bonds. The zero-order valence-electron chi connectivity index (χ0n) is 20.8. The lowest BCUT2D eigenvalue weighted by Gasteiger charge is -2.32. The van der Waals surface area contributed by atoms with Crippen LogP contribution >= 0.6 is 12.6 Å².